The lowest BCUT2D eigenvalue weighted by atomic mass is 10.1. The van der Waals surface area contributed by atoms with E-state index in [0.717, 1.165) is 0 Å². The zero-order valence-corrected chi connectivity index (χ0v) is 16.6. The van der Waals surface area contributed by atoms with E-state index < -0.39 is 24.1 Å². The van der Waals surface area contributed by atoms with Crippen LogP contribution in [-0.2, 0) is 14.3 Å². The predicted molar refractivity (Wildman–Crippen MR) is 103 cm³/mol. The van der Waals surface area contributed by atoms with E-state index in [2.05, 4.69) is 15.4 Å². The van der Waals surface area contributed by atoms with E-state index in [1.165, 1.54) is 25.0 Å². The van der Waals surface area contributed by atoms with E-state index in [0.29, 0.717) is 24.5 Å². The second kappa shape index (κ2) is 8.54. The molecule has 0 saturated carbocycles. The van der Waals surface area contributed by atoms with E-state index in [9.17, 15) is 18.8 Å². The van der Waals surface area contributed by atoms with Crippen molar-refractivity contribution in [3.63, 3.8) is 0 Å². The number of alkyl carbamates (subject to hydrolysis) is 1. The fraction of sp³-hybridized carbons (Fsp3) is 0.526. The molecule has 158 valence electrons. The number of rotatable bonds is 5. The number of nitrogens with one attached hydrogen (secondary N) is 2. The van der Waals surface area contributed by atoms with Crippen LogP contribution in [-0.4, -0.2) is 63.5 Å². The largest absolute Gasteiger partial charge is 0.453 e. The standard InChI is InChI=1S/C19H25FN4O5/c1-11-8-23(10-16(11)22-18(26)28-3)17-5-4-13(6-15(17)20)24-9-14(29-19(24)27)7-21-12(2)25/h4-6,11,14,16H,7-10H2,1-3H3,(H,21,25)(H,22,26). The van der Waals surface area contributed by atoms with Crippen molar-refractivity contribution < 1.29 is 28.2 Å². The minimum Gasteiger partial charge on any atom is -0.453 e. The van der Waals surface area contributed by atoms with Gasteiger partial charge in [0.2, 0.25) is 5.91 Å². The summed E-state index contributed by atoms with van der Waals surface area (Å²) in [6.45, 7) is 4.82. The number of nitrogens with zero attached hydrogens (tertiary/aromatic N) is 2. The lowest BCUT2D eigenvalue weighted by Crippen LogP contribution is -2.39. The van der Waals surface area contributed by atoms with Gasteiger partial charge >= 0.3 is 12.2 Å². The molecule has 2 N–H and O–H groups in total. The molecule has 3 amide bonds. The number of methoxy groups -OCH3 is 1. The molecule has 3 rings (SSSR count). The smallest absolute Gasteiger partial charge is 0.414 e. The van der Waals surface area contributed by atoms with Gasteiger partial charge in [-0.15, -0.1) is 0 Å². The molecule has 3 atom stereocenters. The Balaban J connectivity index is 1.67. The Bertz CT molecular complexity index is 805. The van der Waals surface area contributed by atoms with Crippen LogP contribution in [0.3, 0.4) is 0 Å². The summed E-state index contributed by atoms with van der Waals surface area (Å²) in [5.74, 6) is -0.558. The number of hydrogen-bond acceptors (Lipinski definition) is 6. The Kier molecular flexibility index (Phi) is 6.09. The van der Waals surface area contributed by atoms with Gasteiger partial charge < -0.3 is 25.0 Å². The van der Waals surface area contributed by atoms with Gasteiger partial charge in [-0.1, -0.05) is 6.92 Å². The number of anilines is 2. The van der Waals surface area contributed by atoms with Crippen molar-refractivity contribution >= 4 is 29.5 Å². The number of carbonyl (C=O) groups excluding carboxylic acids is 3. The third kappa shape index (κ3) is 4.69. The van der Waals surface area contributed by atoms with Gasteiger partial charge in [0, 0.05) is 20.0 Å². The molecule has 10 heteroatoms. The fourth-order valence-electron chi connectivity index (χ4n) is 3.58. The summed E-state index contributed by atoms with van der Waals surface area (Å²) in [6.07, 6.45) is -1.58. The lowest BCUT2D eigenvalue weighted by Gasteiger charge is -2.21. The molecule has 1 aromatic rings. The van der Waals surface area contributed by atoms with Gasteiger partial charge in [0.05, 0.1) is 37.6 Å². The quantitative estimate of drug-likeness (QED) is 0.765. The molecule has 2 aliphatic rings. The van der Waals surface area contributed by atoms with Crippen LogP contribution in [0.25, 0.3) is 0 Å². The van der Waals surface area contributed by atoms with Gasteiger partial charge in [0.1, 0.15) is 11.9 Å². The van der Waals surface area contributed by atoms with Crippen LogP contribution in [0, 0.1) is 11.7 Å². The van der Waals surface area contributed by atoms with Crippen molar-refractivity contribution in [1.29, 1.82) is 0 Å². The Morgan fingerprint density at radius 1 is 1.31 bits per heavy atom. The van der Waals surface area contributed by atoms with Crippen LogP contribution in [0.1, 0.15) is 13.8 Å². The molecule has 3 unspecified atom stereocenters. The van der Waals surface area contributed by atoms with Gasteiger partial charge in [-0.25, -0.2) is 14.0 Å². The molecule has 0 aromatic heterocycles. The first-order valence-electron chi connectivity index (χ1n) is 9.40. The first-order valence-corrected chi connectivity index (χ1v) is 9.40. The van der Waals surface area contributed by atoms with Crippen molar-refractivity contribution in [3.8, 4) is 0 Å². The summed E-state index contributed by atoms with van der Waals surface area (Å²) in [6, 6.07) is 4.42. The molecule has 0 aliphatic carbocycles. The third-order valence-electron chi connectivity index (χ3n) is 5.14. The minimum atomic E-state index is -0.579. The van der Waals surface area contributed by atoms with Crippen LogP contribution < -0.4 is 20.4 Å². The number of cyclic esters (lactones) is 1. The number of hydrogen-bond donors (Lipinski definition) is 2. The maximum absolute atomic E-state index is 14.8. The molecule has 0 radical (unpaired) electrons. The Labute approximate surface area is 168 Å². The summed E-state index contributed by atoms with van der Waals surface area (Å²) in [7, 11) is 1.30. The molecule has 0 bridgehead atoms. The van der Waals surface area contributed by atoms with E-state index >= 15 is 0 Å². The van der Waals surface area contributed by atoms with Gasteiger partial charge in [0.25, 0.3) is 0 Å². The maximum atomic E-state index is 14.8. The molecule has 2 heterocycles. The van der Waals surface area contributed by atoms with Crippen LogP contribution in [0.2, 0.25) is 0 Å². The number of ether oxygens (including phenoxy) is 2. The Morgan fingerprint density at radius 2 is 2.07 bits per heavy atom. The van der Waals surface area contributed by atoms with Gasteiger partial charge in [-0.3, -0.25) is 9.69 Å². The van der Waals surface area contributed by atoms with Crippen molar-refractivity contribution in [1.82, 2.24) is 10.6 Å². The lowest BCUT2D eigenvalue weighted by molar-refractivity contribution is -0.119. The maximum Gasteiger partial charge on any atom is 0.414 e. The SMILES string of the molecule is COC(=O)NC1CN(c2ccc(N3CC(CNC(C)=O)OC3=O)cc2F)CC1C. The molecule has 0 spiro atoms. The van der Waals surface area contributed by atoms with Crippen molar-refractivity contribution in [2.24, 2.45) is 5.92 Å². The highest BCUT2D eigenvalue weighted by Gasteiger charge is 2.35. The van der Waals surface area contributed by atoms with E-state index in [1.54, 1.807) is 12.1 Å². The predicted octanol–water partition coefficient (Wildman–Crippen LogP) is 1.47. The normalized spacial score (nSPS) is 23.7. The highest BCUT2D eigenvalue weighted by Crippen LogP contribution is 2.31. The van der Waals surface area contributed by atoms with Crippen LogP contribution in [0.5, 0.6) is 0 Å². The van der Waals surface area contributed by atoms with Gasteiger partial charge in [-0.2, -0.15) is 0 Å². The van der Waals surface area contributed by atoms with Gasteiger partial charge in [-0.05, 0) is 24.1 Å². The number of carbonyl (C=O) groups is 3. The van der Waals surface area contributed by atoms with E-state index in [1.807, 2.05) is 11.8 Å². The van der Waals surface area contributed by atoms with Crippen molar-refractivity contribution in [2.75, 3.05) is 43.1 Å². The first-order chi connectivity index (χ1) is 13.8. The highest BCUT2D eigenvalue weighted by atomic mass is 19.1. The van der Waals surface area contributed by atoms with Crippen LogP contribution in [0.4, 0.5) is 25.4 Å². The molecule has 2 saturated heterocycles. The van der Waals surface area contributed by atoms with Crippen LogP contribution >= 0.6 is 0 Å². The number of benzene rings is 1. The summed E-state index contributed by atoms with van der Waals surface area (Å²) in [5.41, 5.74) is 0.787. The van der Waals surface area contributed by atoms with Crippen molar-refractivity contribution in [3.05, 3.63) is 24.0 Å². The van der Waals surface area contributed by atoms with Crippen molar-refractivity contribution in [2.45, 2.75) is 26.0 Å². The summed E-state index contributed by atoms with van der Waals surface area (Å²) < 4.78 is 24.7. The highest BCUT2D eigenvalue weighted by molar-refractivity contribution is 5.90. The summed E-state index contributed by atoms with van der Waals surface area (Å²) in [5, 5.41) is 5.36. The molecule has 2 fully saturated rings. The van der Waals surface area contributed by atoms with Crippen LogP contribution in [0.15, 0.2) is 18.2 Å². The molecular formula is C19H25FN4O5. The summed E-state index contributed by atoms with van der Waals surface area (Å²) >= 11 is 0. The molecular weight excluding hydrogens is 383 g/mol. The second-order valence-electron chi connectivity index (χ2n) is 7.31. The number of amides is 3. The zero-order valence-electron chi connectivity index (χ0n) is 16.6. The molecule has 1 aromatic carbocycles. The number of halogens is 1. The zero-order chi connectivity index (χ0) is 21.1. The second-order valence-corrected chi connectivity index (χ2v) is 7.31. The molecule has 2 aliphatic heterocycles. The fourth-order valence-corrected chi connectivity index (χ4v) is 3.58. The average Bonchev–Trinajstić information content (AvgIpc) is 3.22. The van der Waals surface area contributed by atoms with Gasteiger partial charge in [0.15, 0.2) is 0 Å². The Hall–Kier alpha value is -3.04. The summed E-state index contributed by atoms with van der Waals surface area (Å²) in [4.78, 5) is 37.8. The van der Waals surface area contributed by atoms with E-state index in [-0.39, 0.29) is 31.0 Å². The first kappa shape index (κ1) is 20.7. The average molecular weight is 408 g/mol. The molecule has 9 nitrogen and oxygen atoms in total. The molecule has 29 heavy (non-hydrogen) atoms. The minimum absolute atomic E-state index is 0.122. The monoisotopic (exact) mass is 408 g/mol. The third-order valence-corrected chi connectivity index (χ3v) is 5.14. The topological polar surface area (TPSA) is 100 Å². The van der Waals surface area contributed by atoms with E-state index in [4.69, 9.17) is 4.74 Å². The Morgan fingerprint density at radius 3 is 2.72 bits per heavy atom.